The number of hydrogen-bond acceptors (Lipinski definition) is 4. The van der Waals surface area contributed by atoms with E-state index in [1.807, 2.05) is 0 Å². The predicted molar refractivity (Wildman–Crippen MR) is 71.9 cm³/mol. The summed E-state index contributed by atoms with van der Waals surface area (Å²) in [5.41, 5.74) is -0.550. The Balaban J connectivity index is 1.81. The van der Waals surface area contributed by atoms with Crippen molar-refractivity contribution in [2.45, 2.75) is 25.3 Å². The molecule has 0 aliphatic heterocycles. The molecule has 2 fully saturated rings. The predicted octanol–water partition coefficient (Wildman–Crippen LogP) is 0.310. The van der Waals surface area contributed by atoms with E-state index in [4.69, 9.17) is 0 Å². The molecule has 112 valence electrons. The van der Waals surface area contributed by atoms with E-state index in [-0.39, 0.29) is 17.4 Å². The summed E-state index contributed by atoms with van der Waals surface area (Å²) in [6, 6.07) is 1.83. The van der Waals surface area contributed by atoms with E-state index in [1.54, 1.807) is 0 Å². The molecular formula is C14H16N2O5. The van der Waals surface area contributed by atoms with Crippen molar-refractivity contribution in [2.75, 3.05) is 0 Å². The molecule has 0 saturated heterocycles. The molecule has 4 atom stereocenters. The molecule has 4 unspecified atom stereocenters. The van der Waals surface area contributed by atoms with E-state index in [9.17, 15) is 24.6 Å². The van der Waals surface area contributed by atoms with Gasteiger partial charge in [0.25, 0.3) is 11.5 Å². The quantitative estimate of drug-likeness (QED) is 0.639. The van der Waals surface area contributed by atoms with Crippen molar-refractivity contribution in [3.63, 3.8) is 0 Å². The van der Waals surface area contributed by atoms with Crippen molar-refractivity contribution in [1.29, 1.82) is 0 Å². The standard InChI is InChI=1S/C14H16N2O5/c17-9-4-8(5-10(18)15-9)13(19)16-12-7-2-1-6(3-7)11(12)14(20)21/h4-7,11-12H,1-3H2,(H,16,19)(H,20,21)(H2,15,17,18). The first kappa shape index (κ1) is 13.7. The molecule has 2 aliphatic carbocycles. The Morgan fingerprint density at radius 3 is 2.62 bits per heavy atom. The number of carboxylic acid groups (broad SMARTS) is 1. The SMILES string of the molecule is O=C(NC1C2CCC(C2)C1C(=O)O)c1cc(O)[nH]c(=O)c1. The van der Waals surface area contributed by atoms with Gasteiger partial charge in [-0.2, -0.15) is 0 Å². The lowest BCUT2D eigenvalue weighted by atomic mass is 9.84. The summed E-state index contributed by atoms with van der Waals surface area (Å²) in [6.07, 6.45) is 2.63. The van der Waals surface area contributed by atoms with Gasteiger partial charge in [-0.05, 0) is 31.1 Å². The second-order valence-corrected chi connectivity index (χ2v) is 5.81. The molecule has 0 aromatic carbocycles. The maximum absolute atomic E-state index is 12.2. The molecule has 0 spiro atoms. The number of carbonyl (C=O) groups is 2. The fraction of sp³-hybridized carbons (Fsp3) is 0.500. The van der Waals surface area contributed by atoms with Crippen LogP contribution in [0.15, 0.2) is 16.9 Å². The summed E-state index contributed by atoms with van der Waals surface area (Å²) in [6.45, 7) is 0. The Morgan fingerprint density at radius 1 is 1.24 bits per heavy atom. The van der Waals surface area contributed by atoms with E-state index in [1.165, 1.54) is 0 Å². The Bertz CT molecular complexity index is 653. The van der Waals surface area contributed by atoms with Gasteiger partial charge in [-0.1, -0.05) is 0 Å². The average molecular weight is 292 g/mol. The van der Waals surface area contributed by atoms with Gasteiger partial charge in [-0.3, -0.25) is 19.4 Å². The highest BCUT2D eigenvalue weighted by Gasteiger charge is 2.51. The number of rotatable bonds is 3. The molecule has 0 radical (unpaired) electrons. The van der Waals surface area contributed by atoms with Gasteiger partial charge in [0.05, 0.1) is 11.5 Å². The molecule has 3 rings (SSSR count). The van der Waals surface area contributed by atoms with E-state index in [2.05, 4.69) is 10.3 Å². The van der Waals surface area contributed by atoms with Gasteiger partial charge in [0.15, 0.2) is 5.88 Å². The van der Waals surface area contributed by atoms with Crippen molar-refractivity contribution in [3.8, 4) is 5.88 Å². The molecule has 21 heavy (non-hydrogen) atoms. The summed E-state index contributed by atoms with van der Waals surface area (Å²) in [4.78, 5) is 37.0. The van der Waals surface area contributed by atoms with Crippen LogP contribution in [0.3, 0.4) is 0 Å². The first-order valence-corrected chi connectivity index (χ1v) is 6.92. The minimum Gasteiger partial charge on any atom is -0.494 e. The van der Waals surface area contributed by atoms with E-state index in [0.717, 1.165) is 31.4 Å². The van der Waals surface area contributed by atoms with Crippen molar-refractivity contribution >= 4 is 11.9 Å². The third-order valence-electron chi connectivity index (χ3n) is 4.59. The van der Waals surface area contributed by atoms with Crippen LogP contribution in [0.4, 0.5) is 0 Å². The molecule has 1 aromatic rings. The number of nitrogens with one attached hydrogen (secondary N) is 2. The van der Waals surface area contributed by atoms with E-state index >= 15 is 0 Å². The molecule has 1 aromatic heterocycles. The molecule has 4 N–H and O–H groups in total. The molecule has 1 amide bonds. The molecule has 2 bridgehead atoms. The van der Waals surface area contributed by atoms with Crippen LogP contribution in [0, 0.1) is 17.8 Å². The Hall–Kier alpha value is -2.31. The van der Waals surface area contributed by atoms with Gasteiger partial charge in [0.1, 0.15) is 0 Å². The highest BCUT2D eigenvalue weighted by atomic mass is 16.4. The van der Waals surface area contributed by atoms with Crippen LogP contribution in [-0.4, -0.2) is 33.1 Å². The van der Waals surface area contributed by atoms with Crippen molar-refractivity contribution < 1.29 is 19.8 Å². The lowest BCUT2D eigenvalue weighted by Gasteiger charge is -2.28. The number of amides is 1. The van der Waals surface area contributed by atoms with Crippen LogP contribution in [-0.2, 0) is 4.79 Å². The molecule has 7 nitrogen and oxygen atoms in total. The number of aromatic nitrogens is 1. The van der Waals surface area contributed by atoms with Crippen LogP contribution >= 0.6 is 0 Å². The number of fused-ring (bicyclic) bond motifs is 2. The van der Waals surface area contributed by atoms with Crippen LogP contribution in [0.2, 0.25) is 0 Å². The van der Waals surface area contributed by atoms with E-state index in [0.29, 0.717) is 0 Å². The minimum absolute atomic E-state index is 0.0307. The van der Waals surface area contributed by atoms with Crippen LogP contribution in [0.5, 0.6) is 5.88 Å². The Kier molecular flexibility index (Phi) is 3.19. The second-order valence-electron chi connectivity index (χ2n) is 5.81. The molecule has 1 heterocycles. The van der Waals surface area contributed by atoms with Crippen LogP contribution < -0.4 is 10.9 Å². The maximum atomic E-state index is 12.2. The van der Waals surface area contributed by atoms with Crippen LogP contribution in [0.25, 0.3) is 0 Å². The molecule has 2 saturated carbocycles. The zero-order valence-electron chi connectivity index (χ0n) is 11.2. The zero-order chi connectivity index (χ0) is 15.1. The topological polar surface area (TPSA) is 119 Å². The number of hydrogen-bond donors (Lipinski definition) is 4. The monoisotopic (exact) mass is 292 g/mol. The fourth-order valence-electron chi connectivity index (χ4n) is 3.75. The highest BCUT2D eigenvalue weighted by molar-refractivity contribution is 5.95. The number of pyridine rings is 1. The van der Waals surface area contributed by atoms with Gasteiger partial charge in [0, 0.05) is 18.2 Å². The van der Waals surface area contributed by atoms with Gasteiger partial charge < -0.3 is 15.5 Å². The van der Waals surface area contributed by atoms with Crippen molar-refractivity contribution in [2.24, 2.45) is 17.8 Å². The smallest absolute Gasteiger partial charge is 0.308 e. The summed E-state index contributed by atoms with van der Waals surface area (Å²) in [5, 5.41) is 21.4. The van der Waals surface area contributed by atoms with Gasteiger partial charge in [-0.25, -0.2) is 0 Å². The normalized spacial score (nSPS) is 30.3. The zero-order valence-corrected chi connectivity index (χ0v) is 11.2. The van der Waals surface area contributed by atoms with Gasteiger partial charge in [0.2, 0.25) is 0 Å². The lowest BCUT2D eigenvalue weighted by molar-refractivity contribution is -0.144. The third kappa shape index (κ3) is 2.39. The first-order chi connectivity index (χ1) is 9.95. The number of aromatic amines is 1. The van der Waals surface area contributed by atoms with Crippen LogP contribution in [0.1, 0.15) is 29.6 Å². The minimum atomic E-state index is -0.888. The number of H-pyrrole nitrogens is 1. The number of aromatic hydroxyl groups is 1. The number of carbonyl (C=O) groups excluding carboxylic acids is 1. The largest absolute Gasteiger partial charge is 0.494 e. The molecular weight excluding hydrogens is 276 g/mol. The average Bonchev–Trinajstić information content (AvgIpc) is 2.97. The first-order valence-electron chi connectivity index (χ1n) is 6.92. The third-order valence-corrected chi connectivity index (χ3v) is 4.59. The second kappa shape index (κ2) is 4.91. The Morgan fingerprint density at radius 2 is 1.95 bits per heavy atom. The van der Waals surface area contributed by atoms with E-state index < -0.39 is 35.3 Å². The molecule has 2 aliphatic rings. The summed E-state index contributed by atoms with van der Waals surface area (Å²) in [5.74, 6) is -2.08. The van der Waals surface area contributed by atoms with Gasteiger partial charge in [-0.15, -0.1) is 0 Å². The number of carboxylic acids is 1. The highest BCUT2D eigenvalue weighted by Crippen LogP contribution is 2.48. The summed E-state index contributed by atoms with van der Waals surface area (Å²) >= 11 is 0. The van der Waals surface area contributed by atoms with Gasteiger partial charge >= 0.3 is 5.97 Å². The molecule has 7 heteroatoms. The lowest BCUT2D eigenvalue weighted by Crippen LogP contribution is -2.46. The van der Waals surface area contributed by atoms with Crippen molar-refractivity contribution in [1.82, 2.24) is 10.3 Å². The fourth-order valence-corrected chi connectivity index (χ4v) is 3.75. The maximum Gasteiger partial charge on any atom is 0.308 e. The van der Waals surface area contributed by atoms with Crippen molar-refractivity contribution in [3.05, 3.63) is 28.0 Å². The Labute approximate surface area is 120 Å². The number of aliphatic carboxylic acids is 1. The summed E-state index contributed by atoms with van der Waals surface area (Å²) < 4.78 is 0. The summed E-state index contributed by atoms with van der Waals surface area (Å²) in [7, 11) is 0.